The summed E-state index contributed by atoms with van der Waals surface area (Å²) in [7, 11) is 0. The Bertz CT molecular complexity index is 142. The van der Waals surface area contributed by atoms with Gasteiger partial charge in [-0.1, -0.05) is 0 Å². The predicted molar refractivity (Wildman–Crippen MR) is 47.8 cm³/mol. The molecule has 0 aromatic rings. The van der Waals surface area contributed by atoms with E-state index in [4.69, 9.17) is 5.73 Å². The Morgan fingerprint density at radius 3 is 3.09 bits per heavy atom. The predicted octanol–water partition coefficient (Wildman–Crippen LogP) is 0.459. The zero-order chi connectivity index (χ0) is 8.10. The molecular formula is C8H17N3. The Hall–Kier alpha value is -0.570. The normalized spacial score (nSPS) is 18.4. The zero-order valence-electron chi connectivity index (χ0n) is 7.21. The molecule has 3 heteroatoms. The first kappa shape index (κ1) is 8.53. The van der Waals surface area contributed by atoms with Crippen LogP contribution in [0.4, 0.5) is 0 Å². The van der Waals surface area contributed by atoms with Gasteiger partial charge >= 0.3 is 0 Å². The van der Waals surface area contributed by atoms with Crippen LogP contribution in [0.15, 0.2) is 4.99 Å². The fraction of sp³-hybridized carbons (Fsp3) is 0.875. The maximum absolute atomic E-state index is 5.42. The molecule has 0 spiro atoms. The van der Waals surface area contributed by atoms with Crippen LogP contribution in [0, 0.1) is 0 Å². The van der Waals surface area contributed by atoms with Crippen LogP contribution in [0.3, 0.4) is 0 Å². The van der Waals surface area contributed by atoms with Crippen LogP contribution in [0.2, 0.25) is 0 Å². The SMILES string of the molecule is CC1=NCCCN1CCCN. The first-order chi connectivity index (χ1) is 5.34. The van der Waals surface area contributed by atoms with Crippen molar-refractivity contribution in [2.75, 3.05) is 26.2 Å². The summed E-state index contributed by atoms with van der Waals surface area (Å²) in [6, 6.07) is 0. The van der Waals surface area contributed by atoms with Crippen molar-refractivity contribution in [1.82, 2.24) is 4.90 Å². The highest BCUT2D eigenvalue weighted by atomic mass is 15.2. The Morgan fingerprint density at radius 2 is 2.45 bits per heavy atom. The Labute approximate surface area is 68.3 Å². The van der Waals surface area contributed by atoms with Crippen molar-refractivity contribution in [3.8, 4) is 0 Å². The van der Waals surface area contributed by atoms with E-state index in [1.165, 1.54) is 12.3 Å². The smallest absolute Gasteiger partial charge is 0.0957 e. The molecule has 0 saturated carbocycles. The molecule has 11 heavy (non-hydrogen) atoms. The largest absolute Gasteiger partial charge is 0.360 e. The molecule has 0 unspecified atom stereocenters. The summed E-state index contributed by atoms with van der Waals surface area (Å²) in [6.45, 7) is 6.10. The lowest BCUT2D eigenvalue weighted by Crippen LogP contribution is -2.35. The number of amidine groups is 1. The number of aliphatic imine (C=N–C) groups is 1. The molecule has 0 amide bonds. The van der Waals surface area contributed by atoms with Gasteiger partial charge in [0.15, 0.2) is 0 Å². The molecular weight excluding hydrogens is 138 g/mol. The second-order valence-corrected chi connectivity index (χ2v) is 2.91. The van der Waals surface area contributed by atoms with Crippen molar-refractivity contribution < 1.29 is 0 Å². The molecule has 0 bridgehead atoms. The first-order valence-corrected chi connectivity index (χ1v) is 4.30. The summed E-state index contributed by atoms with van der Waals surface area (Å²) in [5, 5.41) is 0. The minimum atomic E-state index is 0.782. The number of nitrogens with two attached hydrogens (primary N) is 1. The highest BCUT2D eigenvalue weighted by molar-refractivity contribution is 5.80. The van der Waals surface area contributed by atoms with E-state index in [-0.39, 0.29) is 0 Å². The monoisotopic (exact) mass is 155 g/mol. The van der Waals surface area contributed by atoms with Gasteiger partial charge in [0, 0.05) is 19.6 Å². The van der Waals surface area contributed by atoms with E-state index >= 15 is 0 Å². The molecule has 3 nitrogen and oxygen atoms in total. The Kier molecular flexibility index (Phi) is 3.36. The summed E-state index contributed by atoms with van der Waals surface area (Å²) in [5.41, 5.74) is 5.42. The minimum absolute atomic E-state index is 0.782. The highest BCUT2D eigenvalue weighted by Crippen LogP contribution is 2.02. The van der Waals surface area contributed by atoms with Crippen LogP contribution in [0.25, 0.3) is 0 Å². The average Bonchev–Trinajstić information content (AvgIpc) is 2.03. The standard InChI is InChI=1S/C8H17N3/c1-8-10-5-3-7-11(8)6-2-4-9/h2-7,9H2,1H3. The Balaban J connectivity index is 2.31. The molecule has 0 radical (unpaired) electrons. The van der Waals surface area contributed by atoms with Crippen LogP contribution in [0.1, 0.15) is 19.8 Å². The van der Waals surface area contributed by atoms with Crippen molar-refractivity contribution in [1.29, 1.82) is 0 Å². The maximum atomic E-state index is 5.42. The molecule has 0 aromatic heterocycles. The number of rotatable bonds is 3. The number of nitrogens with zero attached hydrogens (tertiary/aromatic N) is 2. The fourth-order valence-corrected chi connectivity index (χ4v) is 1.32. The van der Waals surface area contributed by atoms with Gasteiger partial charge in [-0.25, -0.2) is 0 Å². The van der Waals surface area contributed by atoms with Crippen LogP contribution >= 0.6 is 0 Å². The lowest BCUT2D eigenvalue weighted by Gasteiger charge is -2.27. The fourth-order valence-electron chi connectivity index (χ4n) is 1.32. The van der Waals surface area contributed by atoms with Gasteiger partial charge in [0.1, 0.15) is 0 Å². The van der Waals surface area contributed by atoms with Gasteiger partial charge < -0.3 is 10.6 Å². The van der Waals surface area contributed by atoms with Crippen LogP contribution in [-0.2, 0) is 0 Å². The van der Waals surface area contributed by atoms with Gasteiger partial charge in [0.2, 0.25) is 0 Å². The molecule has 1 rings (SSSR count). The van der Waals surface area contributed by atoms with Crippen LogP contribution < -0.4 is 5.73 Å². The van der Waals surface area contributed by atoms with Gasteiger partial charge in [0.05, 0.1) is 5.84 Å². The van der Waals surface area contributed by atoms with E-state index in [0.29, 0.717) is 0 Å². The number of hydrogen-bond donors (Lipinski definition) is 1. The quantitative estimate of drug-likeness (QED) is 0.643. The summed E-state index contributed by atoms with van der Waals surface area (Å²) in [4.78, 5) is 6.68. The second-order valence-electron chi connectivity index (χ2n) is 2.91. The summed E-state index contributed by atoms with van der Waals surface area (Å²) in [5.74, 6) is 1.18. The Morgan fingerprint density at radius 1 is 1.64 bits per heavy atom. The van der Waals surface area contributed by atoms with E-state index in [9.17, 15) is 0 Å². The minimum Gasteiger partial charge on any atom is -0.360 e. The van der Waals surface area contributed by atoms with Crippen molar-refractivity contribution in [3.05, 3.63) is 0 Å². The molecule has 0 fully saturated rings. The lowest BCUT2D eigenvalue weighted by atomic mass is 10.3. The van der Waals surface area contributed by atoms with E-state index in [0.717, 1.165) is 32.6 Å². The lowest BCUT2D eigenvalue weighted by molar-refractivity contribution is 0.387. The molecule has 1 aliphatic heterocycles. The van der Waals surface area contributed by atoms with Crippen molar-refractivity contribution in [3.63, 3.8) is 0 Å². The first-order valence-electron chi connectivity index (χ1n) is 4.30. The summed E-state index contributed by atoms with van der Waals surface area (Å²) < 4.78 is 0. The van der Waals surface area contributed by atoms with Gasteiger partial charge in [-0.15, -0.1) is 0 Å². The molecule has 1 heterocycles. The molecule has 0 atom stereocenters. The molecule has 1 aliphatic rings. The third kappa shape index (κ3) is 2.50. The van der Waals surface area contributed by atoms with Gasteiger partial charge in [0.25, 0.3) is 0 Å². The zero-order valence-corrected chi connectivity index (χ0v) is 7.21. The molecule has 0 aliphatic carbocycles. The van der Waals surface area contributed by atoms with Crippen LogP contribution in [-0.4, -0.2) is 36.9 Å². The summed E-state index contributed by atoms with van der Waals surface area (Å²) >= 11 is 0. The third-order valence-corrected chi connectivity index (χ3v) is 2.02. The second kappa shape index (κ2) is 4.34. The summed E-state index contributed by atoms with van der Waals surface area (Å²) in [6.07, 6.45) is 2.27. The molecule has 2 N–H and O–H groups in total. The molecule has 0 saturated heterocycles. The third-order valence-electron chi connectivity index (χ3n) is 2.02. The van der Waals surface area contributed by atoms with E-state index < -0.39 is 0 Å². The van der Waals surface area contributed by atoms with Crippen molar-refractivity contribution in [2.24, 2.45) is 10.7 Å². The van der Waals surface area contributed by atoms with Crippen molar-refractivity contribution in [2.45, 2.75) is 19.8 Å². The van der Waals surface area contributed by atoms with Crippen LogP contribution in [0.5, 0.6) is 0 Å². The van der Waals surface area contributed by atoms with E-state index in [1.807, 2.05) is 0 Å². The van der Waals surface area contributed by atoms with Gasteiger partial charge in [-0.3, -0.25) is 4.99 Å². The van der Waals surface area contributed by atoms with E-state index in [1.54, 1.807) is 0 Å². The van der Waals surface area contributed by atoms with Gasteiger partial charge in [-0.05, 0) is 26.3 Å². The van der Waals surface area contributed by atoms with Crippen molar-refractivity contribution >= 4 is 5.84 Å². The van der Waals surface area contributed by atoms with E-state index in [2.05, 4.69) is 16.8 Å². The topological polar surface area (TPSA) is 41.6 Å². The van der Waals surface area contributed by atoms with Gasteiger partial charge in [-0.2, -0.15) is 0 Å². The maximum Gasteiger partial charge on any atom is 0.0957 e. The molecule has 0 aromatic carbocycles. The number of hydrogen-bond acceptors (Lipinski definition) is 3. The average molecular weight is 155 g/mol. The molecule has 64 valence electrons. The highest BCUT2D eigenvalue weighted by Gasteiger charge is 2.08.